The third-order valence-corrected chi connectivity index (χ3v) is 7.28. The zero-order valence-corrected chi connectivity index (χ0v) is 17.6. The third kappa shape index (κ3) is 3.64. The summed E-state index contributed by atoms with van der Waals surface area (Å²) in [6.07, 6.45) is 7.04. The van der Waals surface area contributed by atoms with E-state index in [2.05, 4.69) is 41.5 Å². The Labute approximate surface area is 174 Å². The van der Waals surface area contributed by atoms with E-state index >= 15 is 0 Å². The summed E-state index contributed by atoms with van der Waals surface area (Å²) < 4.78 is 1.07. The molecule has 0 aromatic carbocycles. The lowest BCUT2D eigenvalue weighted by Crippen LogP contribution is -2.58. The number of halogens is 1. The number of nitrogens with zero attached hydrogens (tertiary/aromatic N) is 3. The Balaban J connectivity index is 1.44. The van der Waals surface area contributed by atoms with Gasteiger partial charge < -0.3 is 10.6 Å². The molecule has 3 aliphatic carbocycles. The second kappa shape index (κ2) is 7.44. The second-order valence-electron chi connectivity index (χ2n) is 8.83. The molecule has 2 aromatic heterocycles. The average molecular weight is 416 g/mol. The van der Waals surface area contributed by atoms with Crippen LogP contribution in [0, 0.1) is 23.2 Å². The van der Waals surface area contributed by atoms with Crippen LogP contribution in [0.5, 0.6) is 0 Å². The maximum Gasteiger partial charge on any atom is 0.288 e. The fraction of sp³-hybridized carbons (Fsp3) is 0.524. The SMILES string of the molecule is C[C@@H]1[C@H]2C[C@@H](C[C@H]1Nc1cnn(CC(=O)Nc3cccnc3)c(=O)c1Cl)C2(C)C. The summed E-state index contributed by atoms with van der Waals surface area (Å²) in [6, 6.07) is 3.71. The molecule has 2 aromatic rings. The Bertz CT molecular complexity index is 975. The number of hydrogen-bond acceptors (Lipinski definition) is 5. The smallest absolute Gasteiger partial charge is 0.288 e. The van der Waals surface area contributed by atoms with E-state index in [1.165, 1.54) is 12.6 Å². The molecular weight excluding hydrogens is 390 g/mol. The topological polar surface area (TPSA) is 88.9 Å². The summed E-state index contributed by atoms with van der Waals surface area (Å²) in [6.45, 7) is 6.76. The standard InChI is InChI=1S/C21H26ClN5O2/c1-12-15-7-13(21(15,2)3)8-16(12)26-17-10-24-27(20(29)19(17)22)11-18(28)25-14-5-4-6-23-9-14/h4-6,9-10,12-13,15-16,26H,7-8,11H2,1-3H3,(H,25,28)/t12-,13+,15-,16-/m1/s1. The van der Waals surface area contributed by atoms with Crippen molar-refractivity contribution in [1.82, 2.24) is 14.8 Å². The van der Waals surface area contributed by atoms with Crippen LogP contribution in [0.25, 0.3) is 0 Å². The van der Waals surface area contributed by atoms with Gasteiger partial charge in [-0.05, 0) is 48.1 Å². The van der Waals surface area contributed by atoms with Crippen LogP contribution >= 0.6 is 11.6 Å². The first-order valence-corrected chi connectivity index (χ1v) is 10.4. The molecule has 2 bridgehead atoms. The molecule has 2 heterocycles. The van der Waals surface area contributed by atoms with Crippen molar-refractivity contribution in [3.63, 3.8) is 0 Å². The molecule has 0 spiro atoms. The van der Waals surface area contributed by atoms with E-state index < -0.39 is 5.56 Å². The van der Waals surface area contributed by atoms with Gasteiger partial charge in [0.25, 0.3) is 5.56 Å². The van der Waals surface area contributed by atoms with Crippen LogP contribution in [0.1, 0.15) is 33.6 Å². The zero-order valence-electron chi connectivity index (χ0n) is 16.9. The predicted octanol–water partition coefficient (Wildman–Crippen LogP) is 3.41. The van der Waals surface area contributed by atoms with E-state index in [-0.39, 0.29) is 23.5 Å². The number of hydrogen-bond donors (Lipinski definition) is 2. The van der Waals surface area contributed by atoms with Crippen LogP contribution in [0.2, 0.25) is 5.02 Å². The fourth-order valence-electron chi connectivity index (χ4n) is 4.99. The number of nitrogens with one attached hydrogen (secondary N) is 2. The molecule has 0 aliphatic heterocycles. The minimum atomic E-state index is -0.480. The number of amides is 1. The molecule has 3 saturated carbocycles. The van der Waals surface area contributed by atoms with E-state index in [1.807, 2.05) is 0 Å². The molecule has 4 atom stereocenters. The molecule has 8 heteroatoms. The number of fused-ring (bicyclic) bond motifs is 2. The highest BCUT2D eigenvalue weighted by molar-refractivity contribution is 6.32. The van der Waals surface area contributed by atoms with Gasteiger partial charge >= 0.3 is 0 Å². The molecule has 3 fully saturated rings. The van der Waals surface area contributed by atoms with E-state index in [0.717, 1.165) is 11.1 Å². The maximum absolute atomic E-state index is 12.6. The molecule has 0 saturated heterocycles. The Morgan fingerprint density at radius 3 is 2.79 bits per heavy atom. The highest BCUT2D eigenvalue weighted by Crippen LogP contribution is 2.61. The largest absolute Gasteiger partial charge is 0.379 e. The molecule has 5 rings (SSSR count). The molecule has 0 radical (unpaired) electrons. The Kier molecular flexibility index (Phi) is 5.11. The Morgan fingerprint density at radius 1 is 1.34 bits per heavy atom. The van der Waals surface area contributed by atoms with Crippen molar-refractivity contribution in [2.24, 2.45) is 23.2 Å². The maximum atomic E-state index is 12.6. The summed E-state index contributed by atoms with van der Waals surface area (Å²) in [5.41, 5.74) is 1.01. The van der Waals surface area contributed by atoms with Crippen LogP contribution in [0.4, 0.5) is 11.4 Å². The van der Waals surface area contributed by atoms with Gasteiger partial charge in [-0.1, -0.05) is 32.4 Å². The van der Waals surface area contributed by atoms with Crippen molar-refractivity contribution in [1.29, 1.82) is 0 Å². The Morgan fingerprint density at radius 2 is 2.14 bits per heavy atom. The average Bonchev–Trinajstić information content (AvgIpc) is 2.69. The molecule has 7 nitrogen and oxygen atoms in total. The summed E-state index contributed by atoms with van der Waals surface area (Å²) in [7, 11) is 0. The first-order chi connectivity index (χ1) is 13.8. The van der Waals surface area contributed by atoms with Crippen molar-refractivity contribution in [3.05, 3.63) is 46.1 Å². The monoisotopic (exact) mass is 415 g/mol. The minimum Gasteiger partial charge on any atom is -0.379 e. The quantitative estimate of drug-likeness (QED) is 0.781. The van der Waals surface area contributed by atoms with Crippen molar-refractivity contribution in [2.75, 3.05) is 10.6 Å². The zero-order chi connectivity index (χ0) is 20.8. The number of carbonyl (C=O) groups is 1. The lowest BCUT2D eigenvalue weighted by Gasteiger charge is -2.62. The van der Waals surface area contributed by atoms with E-state index in [4.69, 9.17) is 11.6 Å². The van der Waals surface area contributed by atoms with Gasteiger partial charge in [-0.3, -0.25) is 14.6 Å². The van der Waals surface area contributed by atoms with Crippen LogP contribution in [0.15, 0.2) is 35.5 Å². The van der Waals surface area contributed by atoms with Crippen molar-refractivity contribution < 1.29 is 4.79 Å². The van der Waals surface area contributed by atoms with E-state index in [9.17, 15) is 9.59 Å². The van der Waals surface area contributed by atoms with E-state index in [0.29, 0.717) is 34.5 Å². The number of anilines is 2. The van der Waals surface area contributed by atoms with Gasteiger partial charge in [-0.15, -0.1) is 0 Å². The summed E-state index contributed by atoms with van der Waals surface area (Å²) in [5.74, 6) is 1.51. The molecule has 3 aliphatic rings. The number of pyridine rings is 1. The van der Waals surface area contributed by atoms with E-state index in [1.54, 1.807) is 24.5 Å². The van der Waals surface area contributed by atoms with Gasteiger partial charge in [0.1, 0.15) is 11.6 Å². The van der Waals surface area contributed by atoms with Gasteiger partial charge in [0.15, 0.2) is 0 Å². The highest BCUT2D eigenvalue weighted by atomic mass is 35.5. The summed E-state index contributed by atoms with van der Waals surface area (Å²) >= 11 is 6.34. The first-order valence-electron chi connectivity index (χ1n) is 9.99. The predicted molar refractivity (Wildman–Crippen MR) is 113 cm³/mol. The molecule has 29 heavy (non-hydrogen) atoms. The van der Waals surface area contributed by atoms with Crippen LogP contribution in [-0.4, -0.2) is 26.7 Å². The van der Waals surface area contributed by atoms with Crippen molar-refractivity contribution >= 4 is 28.9 Å². The first kappa shape index (κ1) is 19.9. The van der Waals surface area contributed by atoms with Gasteiger partial charge in [0.2, 0.25) is 5.91 Å². The lowest BCUT2D eigenvalue weighted by molar-refractivity contribution is -0.117. The van der Waals surface area contributed by atoms with Crippen molar-refractivity contribution in [2.45, 2.75) is 46.2 Å². The van der Waals surface area contributed by atoms with Gasteiger partial charge in [0.05, 0.1) is 23.8 Å². The highest BCUT2D eigenvalue weighted by Gasteiger charge is 2.56. The summed E-state index contributed by atoms with van der Waals surface area (Å²) in [5, 5.41) is 10.3. The van der Waals surface area contributed by atoms with Gasteiger partial charge in [0, 0.05) is 12.2 Å². The van der Waals surface area contributed by atoms with Crippen molar-refractivity contribution in [3.8, 4) is 0 Å². The number of carbonyl (C=O) groups excluding carboxylic acids is 1. The second-order valence-corrected chi connectivity index (χ2v) is 9.21. The number of rotatable bonds is 5. The Hall–Kier alpha value is -2.41. The van der Waals surface area contributed by atoms with Crippen LogP contribution in [-0.2, 0) is 11.3 Å². The molecular formula is C21H26ClN5O2. The molecule has 154 valence electrons. The number of aromatic nitrogens is 3. The third-order valence-electron chi connectivity index (χ3n) is 6.92. The fourth-order valence-corrected chi connectivity index (χ4v) is 5.19. The van der Waals surface area contributed by atoms with Gasteiger partial charge in [-0.25, -0.2) is 4.68 Å². The summed E-state index contributed by atoms with van der Waals surface area (Å²) in [4.78, 5) is 28.7. The normalized spacial score (nSPS) is 27.0. The molecule has 1 amide bonds. The molecule has 0 unspecified atom stereocenters. The minimum absolute atomic E-state index is 0.0693. The van der Waals surface area contributed by atoms with Gasteiger partial charge in [-0.2, -0.15) is 5.10 Å². The van der Waals surface area contributed by atoms with Crippen LogP contribution in [0.3, 0.4) is 0 Å². The lowest BCUT2D eigenvalue weighted by atomic mass is 9.45. The van der Waals surface area contributed by atoms with Crippen LogP contribution < -0.4 is 16.2 Å². The molecule has 2 N–H and O–H groups in total.